The molecule has 10 nitrogen and oxygen atoms in total. The Kier molecular flexibility index (Phi) is 6.34. The molecule has 4 rings (SSSR count). The summed E-state index contributed by atoms with van der Waals surface area (Å²) in [7, 11) is 3.15. The lowest BCUT2D eigenvalue weighted by atomic mass is 10.1. The number of aryl methyl sites for hydroxylation is 1. The average Bonchev–Trinajstić information content (AvgIpc) is 3.53. The third kappa shape index (κ3) is 4.54. The Morgan fingerprint density at radius 2 is 2.00 bits per heavy atom. The number of imidazole rings is 1. The summed E-state index contributed by atoms with van der Waals surface area (Å²) >= 11 is 0. The van der Waals surface area contributed by atoms with E-state index in [0.29, 0.717) is 41.0 Å². The molecule has 0 saturated carbocycles. The average molecular weight is 448 g/mol. The molecule has 1 N–H and O–H groups in total. The van der Waals surface area contributed by atoms with Crippen LogP contribution in [0.3, 0.4) is 0 Å². The fourth-order valence-corrected chi connectivity index (χ4v) is 3.31. The van der Waals surface area contributed by atoms with Crippen LogP contribution >= 0.6 is 0 Å². The van der Waals surface area contributed by atoms with Crippen LogP contribution in [-0.2, 0) is 6.42 Å². The minimum atomic E-state index is -0.320. The number of amides is 1. The number of carbonyl (C=O) groups excluding carboxylic acids is 1. The van der Waals surface area contributed by atoms with Gasteiger partial charge in [0.2, 0.25) is 0 Å². The number of ether oxygens (including phenoxy) is 2. The molecule has 0 bridgehead atoms. The molecule has 0 fully saturated rings. The number of rotatable bonds is 8. The predicted molar refractivity (Wildman–Crippen MR) is 119 cm³/mol. The van der Waals surface area contributed by atoms with Crippen LogP contribution in [0.1, 0.15) is 41.8 Å². The number of aromatic nitrogens is 5. The summed E-state index contributed by atoms with van der Waals surface area (Å²) in [5.74, 6) is 2.39. The Hall–Kier alpha value is -4.21. The van der Waals surface area contributed by atoms with Crippen LogP contribution < -0.4 is 14.8 Å². The van der Waals surface area contributed by atoms with Gasteiger partial charge in [-0.05, 0) is 36.8 Å². The Morgan fingerprint density at radius 1 is 1.18 bits per heavy atom. The maximum Gasteiger partial charge on any atom is 0.271 e. The second-order valence-electron chi connectivity index (χ2n) is 7.22. The van der Waals surface area contributed by atoms with E-state index in [0.717, 1.165) is 5.56 Å². The van der Waals surface area contributed by atoms with Crippen molar-refractivity contribution in [2.45, 2.75) is 26.3 Å². The molecule has 0 radical (unpaired) electrons. The van der Waals surface area contributed by atoms with Crippen molar-refractivity contribution in [1.29, 1.82) is 0 Å². The number of hydrogen-bond donors (Lipinski definition) is 1. The Labute approximate surface area is 190 Å². The number of nitrogens with zero attached hydrogens (tertiary/aromatic N) is 5. The van der Waals surface area contributed by atoms with E-state index in [4.69, 9.17) is 14.0 Å². The largest absolute Gasteiger partial charge is 0.493 e. The second-order valence-corrected chi connectivity index (χ2v) is 7.22. The van der Waals surface area contributed by atoms with Crippen molar-refractivity contribution in [3.05, 3.63) is 66.1 Å². The SMILES string of the molecule is CCc1noc(-c2cccnc2-n2cnc(C(=O)N[C@H](C)c3ccc(OC)c(OC)c3)c2)n1. The molecule has 4 aromatic rings. The summed E-state index contributed by atoms with van der Waals surface area (Å²) in [5.41, 5.74) is 1.77. The highest BCUT2D eigenvalue weighted by molar-refractivity contribution is 5.92. The van der Waals surface area contributed by atoms with Gasteiger partial charge in [-0.2, -0.15) is 4.98 Å². The molecule has 0 aliphatic carbocycles. The van der Waals surface area contributed by atoms with Gasteiger partial charge in [0.15, 0.2) is 23.1 Å². The van der Waals surface area contributed by atoms with Gasteiger partial charge < -0.3 is 19.3 Å². The summed E-state index contributed by atoms with van der Waals surface area (Å²) in [4.78, 5) is 25.9. The van der Waals surface area contributed by atoms with Crippen molar-refractivity contribution >= 4 is 5.91 Å². The van der Waals surface area contributed by atoms with E-state index in [-0.39, 0.29) is 17.6 Å². The number of benzene rings is 1. The molecule has 1 amide bonds. The molecule has 3 heterocycles. The van der Waals surface area contributed by atoms with Gasteiger partial charge in [-0.15, -0.1) is 0 Å². The van der Waals surface area contributed by atoms with E-state index in [1.165, 1.54) is 6.33 Å². The molecular weight excluding hydrogens is 424 g/mol. The van der Waals surface area contributed by atoms with E-state index in [9.17, 15) is 4.79 Å². The predicted octanol–water partition coefficient (Wildman–Crippen LogP) is 3.39. The zero-order chi connectivity index (χ0) is 23.4. The number of hydrogen-bond acceptors (Lipinski definition) is 8. The summed E-state index contributed by atoms with van der Waals surface area (Å²) in [6.45, 7) is 3.83. The van der Waals surface area contributed by atoms with Gasteiger partial charge in [0.05, 0.1) is 25.8 Å². The lowest BCUT2D eigenvalue weighted by Gasteiger charge is -2.16. The smallest absolute Gasteiger partial charge is 0.271 e. The van der Waals surface area contributed by atoms with Crippen LogP contribution in [0.4, 0.5) is 0 Å². The van der Waals surface area contributed by atoms with E-state index >= 15 is 0 Å². The molecule has 1 aromatic carbocycles. The molecule has 1 atom stereocenters. The molecule has 170 valence electrons. The van der Waals surface area contributed by atoms with Gasteiger partial charge in [-0.3, -0.25) is 9.36 Å². The van der Waals surface area contributed by atoms with Gasteiger partial charge in [0.1, 0.15) is 12.0 Å². The highest BCUT2D eigenvalue weighted by atomic mass is 16.5. The van der Waals surface area contributed by atoms with Crippen molar-refractivity contribution in [1.82, 2.24) is 30.0 Å². The molecule has 0 aliphatic rings. The van der Waals surface area contributed by atoms with Crippen LogP contribution in [-0.4, -0.2) is 44.8 Å². The Bertz CT molecular complexity index is 1270. The zero-order valence-corrected chi connectivity index (χ0v) is 18.8. The second kappa shape index (κ2) is 9.51. The Balaban J connectivity index is 1.54. The first-order chi connectivity index (χ1) is 16.0. The summed E-state index contributed by atoms with van der Waals surface area (Å²) in [6.07, 6.45) is 5.44. The van der Waals surface area contributed by atoms with E-state index in [1.54, 1.807) is 43.3 Å². The van der Waals surface area contributed by atoms with Crippen LogP contribution in [0.15, 0.2) is 53.6 Å². The van der Waals surface area contributed by atoms with Crippen LogP contribution in [0.2, 0.25) is 0 Å². The summed E-state index contributed by atoms with van der Waals surface area (Å²) in [5, 5.41) is 6.90. The van der Waals surface area contributed by atoms with Crippen LogP contribution in [0.25, 0.3) is 17.3 Å². The van der Waals surface area contributed by atoms with Gasteiger partial charge in [-0.25, -0.2) is 9.97 Å². The number of methoxy groups -OCH3 is 2. The first-order valence-electron chi connectivity index (χ1n) is 10.4. The first kappa shape index (κ1) is 22.0. The third-order valence-electron chi connectivity index (χ3n) is 5.12. The fourth-order valence-electron chi connectivity index (χ4n) is 3.31. The van der Waals surface area contributed by atoms with E-state index in [2.05, 4.69) is 25.4 Å². The maximum absolute atomic E-state index is 12.8. The summed E-state index contributed by atoms with van der Waals surface area (Å²) in [6, 6.07) is 8.84. The number of nitrogens with one attached hydrogen (secondary N) is 1. The standard InChI is InChI=1S/C23H24N6O4/c1-5-20-27-23(33-28-20)16-7-6-10-24-21(16)29-12-17(25-13-29)22(30)26-14(2)15-8-9-18(31-3)19(11-15)32-4/h6-14H,5H2,1-4H3,(H,26,30)/t14-/m1/s1. The molecule has 0 aliphatic heterocycles. The molecule has 3 aromatic heterocycles. The number of pyridine rings is 1. The van der Waals surface area contributed by atoms with E-state index < -0.39 is 0 Å². The highest BCUT2D eigenvalue weighted by Crippen LogP contribution is 2.30. The third-order valence-corrected chi connectivity index (χ3v) is 5.12. The quantitative estimate of drug-likeness (QED) is 0.436. The topological polar surface area (TPSA) is 117 Å². The molecule has 10 heteroatoms. The lowest BCUT2D eigenvalue weighted by molar-refractivity contribution is 0.0935. The maximum atomic E-state index is 12.8. The van der Waals surface area contributed by atoms with Crippen molar-refractivity contribution in [2.24, 2.45) is 0 Å². The highest BCUT2D eigenvalue weighted by Gasteiger charge is 2.19. The van der Waals surface area contributed by atoms with Crippen molar-refractivity contribution in [2.75, 3.05) is 14.2 Å². The lowest BCUT2D eigenvalue weighted by Crippen LogP contribution is -2.27. The fraction of sp³-hybridized carbons (Fsp3) is 0.261. The van der Waals surface area contributed by atoms with Gasteiger partial charge in [0, 0.05) is 18.8 Å². The first-order valence-corrected chi connectivity index (χ1v) is 10.4. The normalized spacial score (nSPS) is 11.8. The van der Waals surface area contributed by atoms with Crippen molar-refractivity contribution in [3.8, 4) is 28.8 Å². The van der Waals surface area contributed by atoms with E-state index in [1.807, 2.05) is 32.0 Å². The van der Waals surface area contributed by atoms with Crippen molar-refractivity contribution < 1.29 is 18.8 Å². The summed E-state index contributed by atoms with van der Waals surface area (Å²) < 4.78 is 17.6. The van der Waals surface area contributed by atoms with Crippen LogP contribution in [0, 0.1) is 0 Å². The number of carbonyl (C=O) groups is 1. The van der Waals surface area contributed by atoms with Crippen molar-refractivity contribution in [3.63, 3.8) is 0 Å². The van der Waals surface area contributed by atoms with Gasteiger partial charge in [0.25, 0.3) is 11.8 Å². The minimum absolute atomic E-state index is 0.249. The molecule has 0 saturated heterocycles. The van der Waals surface area contributed by atoms with Gasteiger partial charge in [-0.1, -0.05) is 18.1 Å². The zero-order valence-electron chi connectivity index (χ0n) is 18.8. The van der Waals surface area contributed by atoms with Crippen LogP contribution in [0.5, 0.6) is 11.5 Å². The molecule has 0 spiro atoms. The van der Waals surface area contributed by atoms with Gasteiger partial charge >= 0.3 is 0 Å². The molecule has 0 unspecified atom stereocenters. The Morgan fingerprint density at radius 3 is 2.73 bits per heavy atom. The molecule has 33 heavy (non-hydrogen) atoms. The minimum Gasteiger partial charge on any atom is -0.493 e. The monoisotopic (exact) mass is 448 g/mol. The molecular formula is C23H24N6O4.